The minimum Gasteiger partial charge on any atom is -0.330 e. The maximum Gasteiger partial charge on any atom is 0.246 e. The summed E-state index contributed by atoms with van der Waals surface area (Å²) in [5.74, 6) is -0.565. The molecule has 1 atom stereocenters. The van der Waals surface area contributed by atoms with Gasteiger partial charge in [-0.05, 0) is 37.1 Å². The van der Waals surface area contributed by atoms with Crippen LogP contribution < -0.4 is 5.73 Å². The summed E-state index contributed by atoms with van der Waals surface area (Å²) in [6.07, 6.45) is 0.728. The number of sulfonamides is 1. The first-order valence-electron chi connectivity index (χ1n) is 5.60. The average Bonchev–Trinajstić information content (AvgIpc) is 2.81. The SMILES string of the molecule is NCC1CCN(S(=O)(=O)c2cc(Br)ccc2F)C1. The van der Waals surface area contributed by atoms with Gasteiger partial charge >= 0.3 is 0 Å². The summed E-state index contributed by atoms with van der Waals surface area (Å²) < 4.78 is 40.1. The molecule has 0 bridgehead atoms. The van der Waals surface area contributed by atoms with E-state index in [4.69, 9.17) is 5.73 Å². The molecule has 4 nitrogen and oxygen atoms in total. The van der Waals surface area contributed by atoms with Gasteiger partial charge in [0.25, 0.3) is 0 Å². The Morgan fingerprint density at radius 1 is 1.50 bits per heavy atom. The van der Waals surface area contributed by atoms with Gasteiger partial charge in [-0.2, -0.15) is 4.31 Å². The normalized spacial score (nSPS) is 21.4. The summed E-state index contributed by atoms with van der Waals surface area (Å²) in [5, 5.41) is 0. The fraction of sp³-hybridized carbons (Fsp3) is 0.455. The molecule has 1 saturated heterocycles. The van der Waals surface area contributed by atoms with E-state index in [1.54, 1.807) is 0 Å². The molecule has 2 rings (SSSR count). The summed E-state index contributed by atoms with van der Waals surface area (Å²) >= 11 is 3.15. The molecule has 0 spiro atoms. The van der Waals surface area contributed by atoms with Crippen molar-refractivity contribution in [2.45, 2.75) is 11.3 Å². The van der Waals surface area contributed by atoms with E-state index in [0.717, 1.165) is 12.5 Å². The summed E-state index contributed by atoms with van der Waals surface area (Å²) in [4.78, 5) is -0.283. The highest BCUT2D eigenvalue weighted by molar-refractivity contribution is 9.10. The zero-order chi connectivity index (χ0) is 13.3. The van der Waals surface area contributed by atoms with E-state index in [0.29, 0.717) is 24.1 Å². The molecule has 1 aromatic carbocycles. The molecule has 0 aliphatic carbocycles. The van der Waals surface area contributed by atoms with E-state index in [1.807, 2.05) is 0 Å². The van der Waals surface area contributed by atoms with E-state index in [1.165, 1.54) is 16.4 Å². The summed E-state index contributed by atoms with van der Waals surface area (Å²) in [5.41, 5.74) is 5.53. The van der Waals surface area contributed by atoms with Gasteiger partial charge in [-0.25, -0.2) is 12.8 Å². The van der Waals surface area contributed by atoms with Gasteiger partial charge in [0, 0.05) is 17.6 Å². The van der Waals surface area contributed by atoms with Crippen molar-refractivity contribution in [1.82, 2.24) is 4.31 Å². The average molecular weight is 337 g/mol. The van der Waals surface area contributed by atoms with Crippen molar-refractivity contribution < 1.29 is 12.8 Å². The van der Waals surface area contributed by atoms with Crippen molar-refractivity contribution in [2.75, 3.05) is 19.6 Å². The summed E-state index contributed by atoms with van der Waals surface area (Å²) in [6.45, 7) is 1.22. The van der Waals surface area contributed by atoms with Crippen LogP contribution in [0.25, 0.3) is 0 Å². The van der Waals surface area contributed by atoms with Crippen LogP contribution in [-0.4, -0.2) is 32.4 Å². The smallest absolute Gasteiger partial charge is 0.246 e. The first-order chi connectivity index (χ1) is 8.45. The highest BCUT2D eigenvalue weighted by Gasteiger charge is 2.33. The van der Waals surface area contributed by atoms with Crippen LogP contribution >= 0.6 is 15.9 Å². The molecule has 100 valence electrons. The quantitative estimate of drug-likeness (QED) is 0.910. The monoisotopic (exact) mass is 336 g/mol. The van der Waals surface area contributed by atoms with Gasteiger partial charge in [0.2, 0.25) is 10.0 Å². The Balaban J connectivity index is 2.34. The van der Waals surface area contributed by atoms with E-state index >= 15 is 0 Å². The molecule has 0 amide bonds. The predicted octanol–water partition coefficient (Wildman–Crippen LogP) is 1.56. The van der Waals surface area contributed by atoms with Gasteiger partial charge in [0.1, 0.15) is 10.7 Å². The Morgan fingerprint density at radius 2 is 2.22 bits per heavy atom. The first-order valence-corrected chi connectivity index (χ1v) is 7.83. The van der Waals surface area contributed by atoms with Crippen LogP contribution in [0, 0.1) is 11.7 Å². The molecule has 18 heavy (non-hydrogen) atoms. The Bertz CT molecular complexity index is 550. The highest BCUT2D eigenvalue weighted by atomic mass is 79.9. The van der Waals surface area contributed by atoms with Crippen molar-refractivity contribution >= 4 is 26.0 Å². The molecule has 1 aliphatic rings. The Hall–Kier alpha value is -0.500. The van der Waals surface area contributed by atoms with Crippen LogP contribution in [0.3, 0.4) is 0 Å². The van der Waals surface area contributed by atoms with Crippen molar-refractivity contribution in [3.8, 4) is 0 Å². The third kappa shape index (κ3) is 2.59. The highest BCUT2D eigenvalue weighted by Crippen LogP contribution is 2.27. The minimum atomic E-state index is -3.76. The predicted molar refractivity (Wildman–Crippen MR) is 70.0 cm³/mol. The second-order valence-electron chi connectivity index (χ2n) is 4.33. The lowest BCUT2D eigenvalue weighted by atomic mass is 10.1. The largest absolute Gasteiger partial charge is 0.330 e. The molecule has 2 N–H and O–H groups in total. The number of halogens is 2. The van der Waals surface area contributed by atoms with Crippen molar-refractivity contribution in [3.63, 3.8) is 0 Å². The van der Waals surface area contributed by atoms with Gasteiger partial charge in [-0.1, -0.05) is 15.9 Å². The van der Waals surface area contributed by atoms with E-state index in [2.05, 4.69) is 15.9 Å². The van der Waals surface area contributed by atoms with Gasteiger partial charge in [-0.15, -0.1) is 0 Å². The number of rotatable bonds is 3. The number of benzene rings is 1. The van der Waals surface area contributed by atoms with Crippen LogP contribution in [-0.2, 0) is 10.0 Å². The van der Waals surface area contributed by atoms with Crippen LogP contribution in [0.2, 0.25) is 0 Å². The van der Waals surface area contributed by atoms with E-state index < -0.39 is 15.8 Å². The molecule has 1 aliphatic heterocycles. The Morgan fingerprint density at radius 3 is 2.83 bits per heavy atom. The molecule has 0 radical (unpaired) electrons. The third-order valence-electron chi connectivity index (χ3n) is 3.09. The van der Waals surface area contributed by atoms with Crippen LogP contribution in [0.4, 0.5) is 4.39 Å². The second kappa shape index (κ2) is 5.24. The standard InChI is InChI=1S/C11H14BrFN2O2S/c12-9-1-2-10(13)11(5-9)18(16,17)15-4-3-8(6-14)7-15/h1-2,5,8H,3-4,6-7,14H2. The molecule has 1 heterocycles. The summed E-state index contributed by atoms with van der Waals surface area (Å²) in [7, 11) is -3.76. The van der Waals surface area contributed by atoms with Crippen molar-refractivity contribution in [3.05, 3.63) is 28.5 Å². The molecular weight excluding hydrogens is 323 g/mol. The van der Waals surface area contributed by atoms with Gasteiger partial charge in [0.15, 0.2) is 0 Å². The minimum absolute atomic E-state index is 0.162. The zero-order valence-corrected chi connectivity index (χ0v) is 12.0. The van der Waals surface area contributed by atoms with Crippen LogP contribution in [0.15, 0.2) is 27.6 Å². The Labute approximate surface area is 114 Å². The van der Waals surface area contributed by atoms with Gasteiger partial charge in [-0.3, -0.25) is 0 Å². The number of nitrogens with two attached hydrogens (primary N) is 1. The fourth-order valence-corrected chi connectivity index (χ4v) is 4.16. The second-order valence-corrected chi connectivity index (χ2v) is 7.15. The molecule has 7 heteroatoms. The fourth-order valence-electron chi connectivity index (χ4n) is 2.02. The van der Waals surface area contributed by atoms with Crippen LogP contribution in [0.1, 0.15) is 6.42 Å². The molecule has 0 saturated carbocycles. The maximum atomic E-state index is 13.6. The van der Waals surface area contributed by atoms with Crippen molar-refractivity contribution in [1.29, 1.82) is 0 Å². The van der Waals surface area contributed by atoms with E-state index in [-0.39, 0.29) is 10.8 Å². The maximum absolute atomic E-state index is 13.6. The third-order valence-corrected chi connectivity index (χ3v) is 5.47. The number of nitrogens with zero attached hydrogens (tertiary/aromatic N) is 1. The van der Waals surface area contributed by atoms with Crippen LogP contribution in [0.5, 0.6) is 0 Å². The molecular formula is C11H14BrFN2O2S. The molecule has 1 unspecified atom stereocenters. The topological polar surface area (TPSA) is 63.4 Å². The lowest BCUT2D eigenvalue weighted by molar-refractivity contribution is 0.453. The Kier molecular flexibility index (Phi) is 4.05. The molecule has 0 aromatic heterocycles. The number of hydrogen-bond donors (Lipinski definition) is 1. The lowest BCUT2D eigenvalue weighted by Gasteiger charge is -2.17. The number of hydrogen-bond acceptors (Lipinski definition) is 3. The zero-order valence-electron chi connectivity index (χ0n) is 9.64. The molecule has 1 fully saturated rings. The van der Waals surface area contributed by atoms with E-state index in [9.17, 15) is 12.8 Å². The van der Waals surface area contributed by atoms with Gasteiger partial charge < -0.3 is 5.73 Å². The molecule has 1 aromatic rings. The summed E-state index contributed by atoms with van der Waals surface area (Å²) in [6, 6.07) is 3.91. The van der Waals surface area contributed by atoms with Gasteiger partial charge in [0.05, 0.1) is 0 Å². The lowest BCUT2D eigenvalue weighted by Crippen LogP contribution is -2.30. The first kappa shape index (κ1) is 13.9. The van der Waals surface area contributed by atoms with Crippen molar-refractivity contribution in [2.24, 2.45) is 11.7 Å².